The van der Waals surface area contributed by atoms with Crippen molar-refractivity contribution in [3.63, 3.8) is 0 Å². The Hall–Kier alpha value is -2.12. The van der Waals surface area contributed by atoms with Crippen molar-refractivity contribution in [3.8, 4) is 5.75 Å². The lowest BCUT2D eigenvalue weighted by molar-refractivity contribution is -0.121. The summed E-state index contributed by atoms with van der Waals surface area (Å²) in [6, 6.07) is 7.95. The van der Waals surface area contributed by atoms with Crippen LogP contribution < -0.4 is 15.8 Å². The van der Waals surface area contributed by atoms with Crippen LogP contribution in [0.2, 0.25) is 0 Å². The fourth-order valence-corrected chi connectivity index (χ4v) is 4.84. The number of nitrogens with one attached hydrogen (secondary N) is 1. The van der Waals surface area contributed by atoms with Crippen LogP contribution in [-0.4, -0.2) is 57.3 Å². The third-order valence-electron chi connectivity index (χ3n) is 6.17. The maximum absolute atomic E-state index is 12.7. The number of hydrogen-bond acceptors (Lipinski definition) is 6. The van der Waals surface area contributed by atoms with E-state index in [1.807, 2.05) is 32.3 Å². The predicted octanol–water partition coefficient (Wildman–Crippen LogP) is 3.77. The Morgan fingerprint density at radius 2 is 2.00 bits per heavy atom. The standard InChI is InChI=1S/C25H41N3O4/c1-17(2)12-18(15-26)13-23(29)27-25(30)32-24-20(16-28(3)4)9-7-11-22(24)19-8-6-10-21(14-19)31-5/h6,8,10,14,17-18,20,22,24H,7,9,11-13,15-16,26H2,1-5H3,(H,27,29,30)/t18-,20?,22?,24?/m1/s1. The van der Waals surface area contributed by atoms with Gasteiger partial charge in [-0.1, -0.05) is 32.4 Å². The molecule has 3 N–H and O–H groups in total. The molecule has 2 amide bonds. The zero-order valence-corrected chi connectivity index (χ0v) is 20.3. The summed E-state index contributed by atoms with van der Waals surface area (Å²) in [5.74, 6) is 1.21. The molecule has 4 atom stereocenters. The minimum atomic E-state index is -0.668. The molecule has 3 unspecified atom stereocenters. The van der Waals surface area contributed by atoms with Gasteiger partial charge in [-0.3, -0.25) is 10.1 Å². The lowest BCUT2D eigenvalue weighted by atomic mass is 9.75. The van der Waals surface area contributed by atoms with Gasteiger partial charge in [-0.05, 0) is 69.4 Å². The number of rotatable bonds is 10. The number of nitrogens with two attached hydrogens (primary N) is 1. The van der Waals surface area contributed by atoms with Crippen LogP contribution in [0.1, 0.15) is 57.4 Å². The van der Waals surface area contributed by atoms with Crippen LogP contribution in [-0.2, 0) is 9.53 Å². The van der Waals surface area contributed by atoms with Crippen LogP contribution in [0.15, 0.2) is 24.3 Å². The van der Waals surface area contributed by atoms with Crippen LogP contribution in [0, 0.1) is 17.8 Å². The van der Waals surface area contributed by atoms with E-state index in [0.29, 0.717) is 12.5 Å². The number of benzene rings is 1. The van der Waals surface area contributed by atoms with Crippen molar-refractivity contribution < 1.29 is 19.1 Å². The van der Waals surface area contributed by atoms with Gasteiger partial charge in [0.05, 0.1) is 7.11 Å². The van der Waals surface area contributed by atoms with Crippen molar-refractivity contribution >= 4 is 12.0 Å². The van der Waals surface area contributed by atoms with Crippen LogP contribution in [0.3, 0.4) is 0 Å². The minimum absolute atomic E-state index is 0.0578. The molecule has 0 heterocycles. The van der Waals surface area contributed by atoms with Crippen molar-refractivity contribution in [2.75, 3.05) is 34.3 Å². The van der Waals surface area contributed by atoms with Gasteiger partial charge < -0.3 is 20.1 Å². The molecule has 0 spiro atoms. The smallest absolute Gasteiger partial charge is 0.414 e. The first kappa shape index (κ1) is 26.1. The van der Waals surface area contributed by atoms with Crippen LogP contribution in [0.25, 0.3) is 0 Å². The van der Waals surface area contributed by atoms with Crippen molar-refractivity contribution in [2.45, 2.75) is 58.0 Å². The number of methoxy groups -OCH3 is 1. The number of carbonyl (C=O) groups is 2. The topological polar surface area (TPSA) is 93.9 Å². The Balaban J connectivity index is 2.12. The first-order valence-corrected chi connectivity index (χ1v) is 11.7. The molecule has 0 aromatic heterocycles. The molecular weight excluding hydrogens is 406 g/mol. The Morgan fingerprint density at radius 3 is 2.62 bits per heavy atom. The van der Waals surface area contributed by atoms with Gasteiger partial charge in [-0.15, -0.1) is 0 Å². The molecule has 1 fully saturated rings. The van der Waals surface area contributed by atoms with E-state index in [0.717, 1.165) is 43.5 Å². The fourth-order valence-electron chi connectivity index (χ4n) is 4.84. The molecule has 180 valence electrons. The maximum atomic E-state index is 12.7. The molecular formula is C25H41N3O4. The lowest BCUT2D eigenvalue weighted by Crippen LogP contribution is -2.44. The van der Waals surface area contributed by atoms with Gasteiger partial charge in [0.15, 0.2) is 0 Å². The van der Waals surface area contributed by atoms with Gasteiger partial charge in [-0.2, -0.15) is 0 Å². The quantitative estimate of drug-likeness (QED) is 0.567. The van der Waals surface area contributed by atoms with Crippen LogP contribution >= 0.6 is 0 Å². The van der Waals surface area contributed by atoms with Crippen molar-refractivity contribution in [3.05, 3.63) is 29.8 Å². The number of imide groups is 1. The van der Waals surface area contributed by atoms with E-state index in [1.165, 1.54) is 0 Å². The van der Waals surface area contributed by atoms with E-state index in [1.54, 1.807) is 7.11 Å². The highest BCUT2D eigenvalue weighted by Gasteiger charge is 2.38. The van der Waals surface area contributed by atoms with Gasteiger partial charge in [0.25, 0.3) is 0 Å². The maximum Gasteiger partial charge on any atom is 0.414 e. The number of amides is 2. The molecule has 7 nitrogen and oxygen atoms in total. The molecule has 0 radical (unpaired) electrons. The van der Waals surface area contributed by atoms with Gasteiger partial charge in [-0.25, -0.2) is 4.79 Å². The number of ether oxygens (including phenoxy) is 2. The molecule has 1 saturated carbocycles. The van der Waals surface area contributed by atoms with Gasteiger partial charge in [0, 0.05) is 24.8 Å². The van der Waals surface area contributed by atoms with E-state index in [2.05, 4.69) is 30.1 Å². The second-order valence-electron chi connectivity index (χ2n) is 9.69. The zero-order valence-electron chi connectivity index (χ0n) is 20.3. The Morgan fingerprint density at radius 1 is 1.25 bits per heavy atom. The Labute approximate surface area is 193 Å². The monoisotopic (exact) mass is 447 g/mol. The third-order valence-corrected chi connectivity index (χ3v) is 6.17. The average Bonchev–Trinajstić information content (AvgIpc) is 2.73. The summed E-state index contributed by atoms with van der Waals surface area (Å²) in [5, 5.41) is 2.44. The summed E-state index contributed by atoms with van der Waals surface area (Å²) in [5.41, 5.74) is 6.90. The van der Waals surface area contributed by atoms with Gasteiger partial charge in [0.2, 0.25) is 5.91 Å². The SMILES string of the molecule is COc1cccc(C2CCCC(CN(C)C)C2OC(=O)NC(=O)C[C@H](CN)CC(C)C)c1. The molecule has 1 aromatic carbocycles. The van der Waals surface area contributed by atoms with E-state index in [4.69, 9.17) is 15.2 Å². The highest BCUT2D eigenvalue weighted by atomic mass is 16.6. The summed E-state index contributed by atoms with van der Waals surface area (Å²) in [7, 11) is 5.70. The van der Waals surface area contributed by atoms with Crippen molar-refractivity contribution in [1.29, 1.82) is 0 Å². The van der Waals surface area contributed by atoms with E-state index in [-0.39, 0.29) is 36.2 Å². The summed E-state index contributed by atoms with van der Waals surface area (Å²) >= 11 is 0. The lowest BCUT2D eigenvalue weighted by Gasteiger charge is -2.39. The molecule has 1 aliphatic rings. The van der Waals surface area contributed by atoms with Crippen molar-refractivity contribution in [2.24, 2.45) is 23.5 Å². The van der Waals surface area contributed by atoms with Crippen LogP contribution in [0.4, 0.5) is 4.79 Å². The minimum Gasteiger partial charge on any atom is -0.497 e. The molecule has 0 saturated heterocycles. The van der Waals surface area contributed by atoms with E-state index < -0.39 is 6.09 Å². The molecule has 1 aromatic rings. The predicted molar refractivity (Wildman–Crippen MR) is 127 cm³/mol. The summed E-state index contributed by atoms with van der Waals surface area (Å²) in [6.45, 7) is 5.44. The summed E-state index contributed by atoms with van der Waals surface area (Å²) < 4.78 is 11.3. The second-order valence-corrected chi connectivity index (χ2v) is 9.69. The molecule has 1 aliphatic carbocycles. The average molecular weight is 448 g/mol. The largest absolute Gasteiger partial charge is 0.497 e. The second kappa shape index (κ2) is 12.8. The number of alkyl carbamates (subject to hydrolysis) is 1. The first-order chi connectivity index (χ1) is 15.2. The molecule has 0 bridgehead atoms. The third kappa shape index (κ3) is 8.10. The highest BCUT2D eigenvalue weighted by Crippen LogP contribution is 2.39. The molecule has 7 heteroatoms. The highest BCUT2D eigenvalue weighted by molar-refractivity contribution is 5.91. The Kier molecular flexibility index (Phi) is 10.5. The zero-order chi connectivity index (χ0) is 23.7. The molecule has 0 aliphatic heterocycles. The number of nitrogens with zero attached hydrogens (tertiary/aromatic N) is 1. The summed E-state index contributed by atoms with van der Waals surface area (Å²) in [4.78, 5) is 27.3. The first-order valence-electron chi connectivity index (χ1n) is 11.7. The number of carbonyl (C=O) groups excluding carboxylic acids is 2. The molecule has 2 rings (SSSR count). The van der Waals surface area contributed by atoms with Crippen molar-refractivity contribution in [1.82, 2.24) is 10.2 Å². The van der Waals surface area contributed by atoms with E-state index >= 15 is 0 Å². The fraction of sp³-hybridized carbons (Fsp3) is 0.680. The molecule has 32 heavy (non-hydrogen) atoms. The van der Waals surface area contributed by atoms with Crippen LogP contribution in [0.5, 0.6) is 5.75 Å². The summed E-state index contributed by atoms with van der Waals surface area (Å²) in [6.07, 6.45) is 3.07. The van der Waals surface area contributed by atoms with Gasteiger partial charge >= 0.3 is 6.09 Å². The van der Waals surface area contributed by atoms with E-state index in [9.17, 15) is 9.59 Å². The normalized spacial score (nSPS) is 21.9. The van der Waals surface area contributed by atoms with Gasteiger partial charge in [0.1, 0.15) is 11.9 Å². The Bertz CT molecular complexity index is 738. The number of hydrogen-bond donors (Lipinski definition) is 2.